The molecule has 10 rings (SSSR count). The molecule has 0 aromatic heterocycles. The fraction of sp³-hybridized carbons (Fsp3) is 0.0435. The van der Waals surface area contributed by atoms with Gasteiger partial charge in [0.05, 0.1) is 11.1 Å². The molecule has 8 aromatic carbocycles. The van der Waals surface area contributed by atoms with Gasteiger partial charge in [-0.25, -0.2) is 0 Å². The monoisotopic (exact) mass is 597 g/mol. The molecular weight excluding hydrogens is 567 g/mol. The summed E-state index contributed by atoms with van der Waals surface area (Å²) in [6, 6.07) is 63.1. The van der Waals surface area contributed by atoms with Crippen molar-refractivity contribution in [1.82, 2.24) is 0 Å². The average Bonchev–Trinajstić information content (AvgIpc) is 3.59. The molecule has 0 heterocycles. The van der Waals surface area contributed by atoms with Crippen LogP contribution in [0.1, 0.15) is 27.8 Å². The van der Waals surface area contributed by atoms with Gasteiger partial charge in [-0.05, 0) is 110 Å². The lowest BCUT2D eigenvalue weighted by Crippen LogP contribution is -2.26. The Hall–Kier alpha value is -5.92. The maximum absolute atomic E-state index is 2.53. The minimum atomic E-state index is -0.450. The zero-order chi connectivity index (χ0) is 31.1. The van der Waals surface area contributed by atoms with E-state index in [1.807, 2.05) is 0 Å². The number of hydrogen-bond acceptors (Lipinski definition) is 1. The van der Waals surface area contributed by atoms with Crippen LogP contribution in [0.2, 0.25) is 0 Å². The zero-order valence-corrected chi connectivity index (χ0v) is 26.1. The Labute approximate surface area is 275 Å². The summed E-state index contributed by atoms with van der Waals surface area (Å²) in [7, 11) is 0. The molecule has 0 unspecified atom stereocenters. The van der Waals surface area contributed by atoms with Crippen molar-refractivity contribution in [2.24, 2.45) is 0 Å². The van der Waals surface area contributed by atoms with Crippen molar-refractivity contribution in [2.75, 3.05) is 4.90 Å². The first-order chi connectivity index (χ1) is 23.2. The number of benzene rings is 8. The van der Waals surface area contributed by atoms with Crippen LogP contribution in [0.5, 0.6) is 0 Å². The fourth-order valence-corrected chi connectivity index (χ4v) is 8.64. The first-order valence-electron chi connectivity index (χ1n) is 16.5. The molecule has 1 heteroatoms. The Morgan fingerprint density at radius 2 is 0.979 bits per heavy atom. The van der Waals surface area contributed by atoms with E-state index in [0.29, 0.717) is 0 Å². The normalized spacial score (nSPS) is 13.4. The summed E-state index contributed by atoms with van der Waals surface area (Å²) in [4.78, 5) is 2.47. The summed E-state index contributed by atoms with van der Waals surface area (Å²) in [5.41, 5.74) is 15.1. The van der Waals surface area contributed by atoms with Crippen molar-refractivity contribution in [3.63, 3.8) is 0 Å². The third-order valence-electron chi connectivity index (χ3n) is 10.5. The lowest BCUT2D eigenvalue weighted by Gasteiger charge is -2.33. The molecule has 8 aromatic rings. The van der Waals surface area contributed by atoms with Crippen LogP contribution in [0, 0.1) is 6.92 Å². The summed E-state index contributed by atoms with van der Waals surface area (Å²) in [5, 5.41) is 5.07. The molecule has 1 spiro atoms. The molecule has 2 aliphatic rings. The highest BCUT2D eigenvalue weighted by Gasteiger charge is 2.52. The van der Waals surface area contributed by atoms with E-state index >= 15 is 0 Å². The molecule has 0 fully saturated rings. The second-order valence-corrected chi connectivity index (χ2v) is 12.9. The van der Waals surface area contributed by atoms with E-state index in [1.165, 1.54) is 83.0 Å². The maximum Gasteiger partial charge on any atom is 0.0726 e. The van der Waals surface area contributed by atoms with E-state index in [1.54, 1.807) is 0 Å². The Morgan fingerprint density at radius 1 is 0.404 bits per heavy atom. The first kappa shape index (κ1) is 26.3. The largest absolute Gasteiger partial charge is 0.310 e. The van der Waals surface area contributed by atoms with Crippen LogP contribution in [0.4, 0.5) is 17.1 Å². The second kappa shape index (κ2) is 9.79. The third kappa shape index (κ3) is 3.49. The van der Waals surface area contributed by atoms with Gasteiger partial charge in [0.15, 0.2) is 0 Å². The number of para-hydroxylation sites is 2. The minimum absolute atomic E-state index is 0.450. The van der Waals surface area contributed by atoms with Crippen LogP contribution >= 0.6 is 0 Å². The van der Waals surface area contributed by atoms with Crippen LogP contribution in [0.15, 0.2) is 170 Å². The second-order valence-electron chi connectivity index (χ2n) is 12.9. The standard InChI is InChI=1S/C46H31N/c1-30-15-5-14-26-43(30)47(33-18-3-2-4-19-33)44-29-42-45(37-23-9-8-22-36(37)44)38-27-31-16-6-7-17-32(31)28-41(38)46(42)39-24-12-10-20-34(39)35-21-11-13-25-40(35)46/h2-29H,1H3. The summed E-state index contributed by atoms with van der Waals surface area (Å²) in [5.74, 6) is 0. The van der Waals surface area contributed by atoms with Gasteiger partial charge in [0, 0.05) is 16.8 Å². The lowest BCUT2D eigenvalue weighted by atomic mass is 9.70. The smallest absolute Gasteiger partial charge is 0.0726 e. The predicted octanol–water partition coefficient (Wildman–Crippen LogP) is 12.1. The molecule has 0 bridgehead atoms. The van der Waals surface area contributed by atoms with Gasteiger partial charge in [-0.3, -0.25) is 0 Å². The van der Waals surface area contributed by atoms with E-state index in [0.717, 1.165) is 5.69 Å². The summed E-state index contributed by atoms with van der Waals surface area (Å²) >= 11 is 0. The van der Waals surface area contributed by atoms with Crippen LogP contribution < -0.4 is 4.90 Å². The minimum Gasteiger partial charge on any atom is -0.310 e. The highest BCUT2D eigenvalue weighted by molar-refractivity contribution is 6.13. The molecule has 47 heavy (non-hydrogen) atoms. The molecule has 1 nitrogen and oxygen atoms in total. The van der Waals surface area contributed by atoms with Crippen LogP contribution in [-0.4, -0.2) is 0 Å². The Bertz CT molecular complexity index is 2500. The fourth-order valence-electron chi connectivity index (χ4n) is 8.64. The molecule has 0 saturated heterocycles. The van der Waals surface area contributed by atoms with Crippen molar-refractivity contribution in [3.8, 4) is 22.3 Å². The van der Waals surface area contributed by atoms with Crippen LogP contribution in [-0.2, 0) is 5.41 Å². The topological polar surface area (TPSA) is 3.24 Å². The molecule has 0 radical (unpaired) electrons. The number of rotatable bonds is 3. The van der Waals surface area contributed by atoms with Gasteiger partial charge in [0.25, 0.3) is 0 Å². The van der Waals surface area contributed by atoms with E-state index in [9.17, 15) is 0 Å². The van der Waals surface area contributed by atoms with E-state index in [-0.39, 0.29) is 0 Å². The Balaban J connectivity index is 1.41. The molecule has 2 aliphatic carbocycles. The Kier molecular flexibility index (Phi) is 5.48. The van der Waals surface area contributed by atoms with Crippen molar-refractivity contribution in [3.05, 3.63) is 198 Å². The van der Waals surface area contributed by atoms with Gasteiger partial charge < -0.3 is 4.90 Å². The summed E-state index contributed by atoms with van der Waals surface area (Å²) in [6.45, 7) is 2.22. The number of anilines is 3. The van der Waals surface area contributed by atoms with Crippen molar-refractivity contribution in [2.45, 2.75) is 12.3 Å². The summed E-state index contributed by atoms with van der Waals surface area (Å²) < 4.78 is 0. The van der Waals surface area contributed by atoms with E-state index < -0.39 is 5.41 Å². The average molecular weight is 598 g/mol. The van der Waals surface area contributed by atoms with Gasteiger partial charge in [0.2, 0.25) is 0 Å². The van der Waals surface area contributed by atoms with Crippen molar-refractivity contribution < 1.29 is 0 Å². The van der Waals surface area contributed by atoms with E-state index in [2.05, 4.69) is 182 Å². The van der Waals surface area contributed by atoms with Gasteiger partial charge in [-0.1, -0.05) is 133 Å². The zero-order valence-electron chi connectivity index (χ0n) is 26.1. The van der Waals surface area contributed by atoms with E-state index in [4.69, 9.17) is 0 Å². The molecule has 0 amide bonds. The van der Waals surface area contributed by atoms with Crippen LogP contribution in [0.3, 0.4) is 0 Å². The lowest BCUT2D eigenvalue weighted by molar-refractivity contribution is 0.795. The SMILES string of the molecule is Cc1ccccc1N(c1ccccc1)c1cc2c(c3ccccc13)-c1cc3ccccc3cc1C21c2ccccc2-c2ccccc21. The number of aryl methyl sites for hydroxylation is 1. The molecule has 0 N–H and O–H groups in total. The highest BCUT2D eigenvalue weighted by atomic mass is 15.1. The van der Waals surface area contributed by atoms with Crippen molar-refractivity contribution >= 4 is 38.6 Å². The number of nitrogens with zero attached hydrogens (tertiary/aromatic N) is 1. The number of fused-ring (bicyclic) bond motifs is 13. The van der Waals surface area contributed by atoms with Gasteiger partial charge in [-0.2, -0.15) is 0 Å². The third-order valence-corrected chi connectivity index (χ3v) is 10.5. The van der Waals surface area contributed by atoms with Gasteiger partial charge >= 0.3 is 0 Å². The molecule has 0 atom stereocenters. The first-order valence-corrected chi connectivity index (χ1v) is 16.5. The number of hydrogen-bond donors (Lipinski definition) is 0. The van der Waals surface area contributed by atoms with Gasteiger partial charge in [-0.15, -0.1) is 0 Å². The predicted molar refractivity (Wildman–Crippen MR) is 197 cm³/mol. The summed E-state index contributed by atoms with van der Waals surface area (Å²) in [6.07, 6.45) is 0. The maximum atomic E-state index is 2.53. The molecule has 220 valence electrons. The highest BCUT2D eigenvalue weighted by Crippen LogP contribution is 2.65. The van der Waals surface area contributed by atoms with Crippen LogP contribution in [0.25, 0.3) is 43.8 Å². The molecular formula is C46H31N. The molecule has 0 aliphatic heterocycles. The van der Waals surface area contributed by atoms with Gasteiger partial charge in [0.1, 0.15) is 0 Å². The Morgan fingerprint density at radius 3 is 1.70 bits per heavy atom. The quantitative estimate of drug-likeness (QED) is 0.196. The molecule has 0 saturated carbocycles. The van der Waals surface area contributed by atoms with Crippen molar-refractivity contribution in [1.29, 1.82) is 0 Å².